The molecule has 1 aromatic carbocycles. The van der Waals surface area contributed by atoms with Crippen LogP contribution in [0.25, 0.3) is 5.69 Å². The number of hydrogen-bond donors (Lipinski definition) is 0. The van der Waals surface area contributed by atoms with Crippen molar-refractivity contribution in [2.75, 3.05) is 12.4 Å². The highest BCUT2D eigenvalue weighted by Gasteiger charge is 2.21. The minimum absolute atomic E-state index is 0.0759. The molecule has 4 rings (SSSR count). The summed E-state index contributed by atoms with van der Waals surface area (Å²) in [7, 11) is 0. The van der Waals surface area contributed by atoms with E-state index in [0.29, 0.717) is 17.5 Å². The van der Waals surface area contributed by atoms with Gasteiger partial charge in [0, 0.05) is 29.2 Å². The lowest BCUT2D eigenvalue weighted by atomic mass is 10.2. The fourth-order valence-corrected chi connectivity index (χ4v) is 4.39. The zero-order valence-electron chi connectivity index (χ0n) is 16.0. The number of aromatic nitrogens is 5. The number of para-hydroxylation sites is 1. The topological polar surface area (TPSA) is 74.8 Å². The van der Waals surface area contributed by atoms with Crippen molar-refractivity contribution in [2.24, 2.45) is 0 Å². The Labute approximate surface area is 168 Å². The van der Waals surface area contributed by atoms with E-state index in [2.05, 4.69) is 20.1 Å². The monoisotopic (exact) mass is 397 g/mol. The average Bonchev–Trinajstić information content (AvgIpc) is 3.43. The molecule has 0 aliphatic carbocycles. The van der Waals surface area contributed by atoms with Crippen LogP contribution in [0.3, 0.4) is 0 Å². The van der Waals surface area contributed by atoms with Gasteiger partial charge in [0.1, 0.15) is 0 Å². The van der Waals surface area contributed by atoms with E-state index in [-0.39, 0.29) is 11.9 Å². The van der Waals surface area contributed by atoms with E-state index in [1.54, 1.807) is 4.68 Å². The van der Waals surface area contributed by atoms with Gasteiger partial charge >= 0.3 is 0 Å². The molecule has 28 heavy (non-hydrogen) atoms. The Morgan fingerprint density at radius 2 is 2.11 bits per heavy atom. The van der Waals surface area contributed by atoms with Crippen molar-refractivity contribution in [3.8, 4) is 5.69 Å². The Morgan fingerprint density at radius 1 is 1.29 bits per heavy atom. The van der Waals surface area contributed by atoms with Crippen molar-refractivity contribution >= 4 is 17.5 Å². The second-order valence-corrected chi connectivity index (χ2v) is 7.89. The lowest BCUT2D eigenvalue weighted by Gasteiger charge is -2.10. The smallest absolute Gasteiger partial charge is 0.209 e. The van der Waals surface area contributed by atoms with Gasteiger partial charge in [-0.1, -0.05) is 30.0 Å². The van der Waals surface area contributed by atoms with E-state index in [9.17, 15) is 4.79 Å². The summed E-state index contributed by atoms with van der Waals surface area (Å²) in [6.07, 6.45) is 2.25. The highest BCUT2D eigenvalue weighted by atomic mass is 32.2. The molecule has 1 aliphatic rings. The number of aryl methyl sites for hydroxylation is 1. The first-order valence-electron chi connectivity index (χ1n) is 9.41. The van der Waals surface area contributed by atoms with E-state index in [1.807, 2.05) is 50.2 Å². The van der Waals surface area contributed by atoms with Crippen LogP contribution in [0.1, 0.15) is 34.6 Å². The van der Waals surface area contributed by atoms with Crippen LogP contribution in [0.4, 0.5) is 0 Å². The minimum Gasteiger partial charge on any atom is -0.376 e. The van der Waals surface area contributed by atoms with Crippen LogP contribution in [0, 0.1) is 13.8 Å². The van der Waals surface area contributed by atoms with Gasteiger partial charge in [0.05, 0.1) is 18.4 Å². The fraction of sp³-hybridized carbons (Fsp3) is 0.400. The van der Waals surface area contributed by atoms with Crippen molar-refractivity contribution in [3.05, 3.63) is 53.3 Å². The second kappa shape index (κ2) is 8.28. The number of ether oxygens (including phenoxy) is 1. The Bertz CT molecular complexity index is 960. The number of thioether (sulfide) groups is 1. The molecule has 0 amide bonds. The predicted molar refractivity (Wildman–Crippen MR) is 107 cm³/mol. The van der Waals surface area contributed by atoms with Crippen molar-refractivity contribution in [1.29, 1.82) is 0 Å². The number of carbonyl (C=O) groups excluding carboxylic acids is 1. The molecule has 2 aromatic heterocycles. The zero-order chi connectivity index (χ0) is 19.5. The molecule has 0 N–H and O–H groups in total. The maximum atomic E-state index is 12.9. The summed E-state index contributed by atoms with van der Waals surface area (Å²) >= 11 is 1.37. The number of tetrazole rings is 1. The number of benzene rings is 1. The van der Waals surface area contributed by atoms with Crippen LogP contribution in [0.15, 0.2) is 41.6 Å². The Morgan fingerprint density at radius 3 is 2.86 bits per heavy atom. The van der Waals surface area contributed by atoms with E-state index >= 15 is 0 Å². The molecule has 7 nitrogen and oxygen atoms in total. The summed E-state index contributed by atoms with van der Waals surface area (Å²) < 4.78 is 9.50. The first kappa shape index (κ1) is 18.9. The van der Waals surface area contributed by atoms with Gasteiger partial charge in [-0.2, -0.15) is 0 Å². The van der Waals surface area contributed by atoms with Gasteiger partial charge in [-0.15, -0.1) is 5.10 Å². The molecular weight excluding hydrogens is 374 g/mol. The van der Waals surface area contributed by atoms with E-state index in [0.717, 1.165) is 42.1 Å². The van der Waals surface area contributed by atoms with Crippen LogP contribution in [0.2, 0.25) is 0 Å². The number of hydrogen-bond acceptors (Lipinski definition) is 6. The molecule has 8 heteroatoms. The number of rotatable bonds is 7. The molecule has 1 atom stereocenters. The first-order valence-corrected chi connectivity index (χ1v) is 10.4. The van der Waals surface area contributed by atoms with Gasteiger partial charge < -0.3 is 9.30 Å². The second-order valence-electron chi connectivity index (χ2n) is 6.95. The molecule has 1 unspecified atom stereocenters. The van der Waals surface area contributed by atoms with E-state index in [1.165, 1.54) is 11.8 Å². The van der Waals surface area contributed by atoms with Gasteiger partial charge in [-0.05, 0) is 55.3 Å². The standard InChI is InChI=1S/C20H23N5O2S/c1-14-11-18(15(2)25(14)16-7-4-3-5-8-16)19(26)13-28-20-21-22-23-24(20)12-17-9-6-10-27-17/h3-5,7-8,11,17H,6,9-10,12-13H2,1-2H3. The van der Waals surface area contributed by atoms with Crippen LogP contribution in [-0.2, 0) is 11.3 Å². The summed E-state index contributed by atoms with van der Waals surface area (Å²) in [5, 5.41) is 12.5. The highest BCUT2D eigenvalue weighted by molar-refractivity contribution is 7.99. The summed E-state index contributed by atoms with van der Waals surface area (Å²) in [5.41, 5.74) is 3.80. The molecule has 0 bridgehead atoms. The van der Waals surface area contributed by atoms with Crippen molar-refractivity contribution in [3.63, 3.8) is 0 Å². The van der Waals surface area contributed by atoms with Crippen LogP contribution in [0.5, 0.6) is 0 Å². The van der Waals surface area contributed by atoms with Gasteiger partial charge in [-0.25, -0.2) is 4.68 Å². The molecule has 146 valence electrons. The SMILES string of the molecule is Cc1cc(C(=O)CSc2nnnn2CC2CCCO2)c(C)n1-c1ccccc1. The number of carbonyl (C=O) groups is 1. The Balaban J connectivity index is 1.46. The van der Waals surface area contributed by atoms with Crippen molar-refractivity contribution in [2.45, 2.75) is 44.5 Å². The number of Topliss-reactive ketones (excluding diaryl/α,β-unsaturated/α-hetero) is 1. The number of ketones is 1. The molecule has 0 radical (unpaired) electrons. The molecule has 3 heterocycles. The van der Waals surface area contributed by atoms with Crippen LogP contribution >= 0.6 is 11.8 Å². The van der Waals surface area contributed by atoms with E-state index < -0.39 is 0 Å². The highest BCUT2D eigenvalue weighted by Crippen LogP contribution is 2.24. The third kappa shape index (κ3) is 3.88. The molecule has 1 saturated heterocycles. The maximum Gasteiger partial charge on any atom is 0.209 e. The number of nitrogens with zero attached hydrogens (tertiary/aromatic N) is 5. The quantitative estimate of drug-likeness (QED) is 0.450. The van der Waals surface area contributed by atoms with E-state index in [4.69, 9.17) is 4.74 Å². The Hall–Kier alpha value is -2.45. The lowest BCUT2D eigenvalue weighted by molar-refractivity contribution is 0.0912. The third-order valence-corrected chi connectivity index (χ3v) is 5.94. The third-order valence-electron chi connectivity index (χ3n) is 4.98. The van der Waals surface area contributed by atoms with Gasteiger partial charge in [-0.3, -0.25) is 4.79 Å². The summed E-state index contributed by atoms with van der Waals surface area (Å²) in [4.78, 5) is 12.9. The first-order chi connectivity index (χ1) is 13.6. The van der Waals surface area contributed by atoms with Crippen molar-refractivity contribution < 1.29 is 9.53 Å². The molecule has 0 saturated carbocycles. The maximum absolute atomic E-state index is 12.9. The fourth-order valence-electron chi connectivity index (χ4n) is 3.62. The minimum atomic E-state index is 0.0759. The summed E-state index contributed by atoms with van der Waals surface area (Å²) in [6.45, 7) is 5.43. The summed E-state index contributed by atoms with van der Waals surface area (Å²) in [5.74, 6) is 0.372. The van der Waals surface area contributed by atoms with Gasteiger partial charge in [0.2, 0.25) is 5.16 Å². The van der Waals surface area contributed by atoms with Crippen molar-refractivity contribution in [1.82, 2.24) is 24.8 Å². The van der Waals surface area contributed by atoms with Crippen LogP contribution in [-0.4, -0.2) is 49.0 Å². The molecular formula is C20H23N5O2S. The van der Waals surface area contributed by atoms with Gasteiger partial charge in [0.15, 0.2) is 5.78 Å². The average molecular weight is 398 g/mol. The normalized spacial score (nSPS) is 16.6. The van der Waals surface area contributed by atoms with Gasteiger partial charge in [0.25, 0.3) is 0 Å². The molecule has 1 aliphatic heterocycles. The molecule has 1 fully saturated rings. The Kier molecular flexibility index (Phi) is 5.59. The molecule has 0 spiro atoms. The zero-order valence-corrected chi connectivity index (χ0v) is 16.9. The predicted octanol–water partition coefficient (Wildman–Crippen LogP) is 3.23. The largest absolute Gasteiger partial charge is 0.376 e. The molecule has 3 aromatic rings. The summed E-state index contributed by atoms with van der Waals surface area (Å²) in [6, 6.07) is 12.0. The van der Waals surface area contributed by atoms with Crippen LogP contribution < -0.4 is 0 Å². The lowest BCUT2D eigenvalue weighted by Crippen LogP contribution is -2.17.